The minimum Gasteiger partial charge on any atom is -0.510 e. The maximum Gasteiger partial charge on any atom is 0.268 e. The third kappa shape index (κ3) is 7.35. The fraction of sp³-hybridized carbons (Fsp3) is 0.0615. The van der Waals surface area contributed by atoms with Crippen molar-refractivity contribution in [1.82, 2.24) is 28.1 Å². The molecule has 0 radical (unpaired) electrons. The summed E-state index contributed by atoms with van der Waals surface area (Å²) < 4.78 is 173. The topological polar surface area (TPSA) is 58.1 Å². The Bertz CT molecular complexity index is 5430. The predicted octanol–water partition coefficient (Wildman–Crippen LogP) is 15.0. The summed E-state index contributed by atoms with van der Waals surface area (Å²) in [6.45, 7) is 6.27. The van der Waals surface area contributed by atoms with Gasteiger partial charge in [0.1, 0.15) is 5.82 Å². The minimum absolute atomic E-state index is 0. The van der Waals surface area contributed by atoms with Gasteiger partial charge in [0.15, 0.2) is 0 Å². The molecule has 9 heteroatoms. The van der Waals surface area contributed by atoms with Gasteiger partial charge in [-0.2, -0.15) is 18.2 Å². The Hall–Kier alpha value is -8.84. The second-order valence-electron chi connectivity index (χ2n) is 18.2. The van der Waals surface area contributed by atoms with Gasteiger partial charge in [-0.05, 0) is 98.8 Å². The summed E-state index contributed by atoms with van der Waals surface area (Å²) in [6.07, 6.45) is 5.11. The average Bonchev–Trinajstić information content (AvgIpc) is 1.51. The van der Waals surface area contributed by atoms with Gasteiger partial charge in [-0.3, -0.25) is 13.5 Å². The molecule has 0 N–H and O–H groups in total. The number of fused-ring (bicyclic) bond motifs is 9. The quantitative estimate of drug-likeness (QED) is 0.113. The van der Waals surface area contributed by atoms with Gasteiger partial charge in [-0.25, -0.2) is 9.97 Å². The van der Waals surface area contributed by atoms with Crippen LogP contribution in [-0.2, 0) is 26.5 Å². The van der Waals surface area contributed by atoms with Crippen molar-refractivity contribution in [3.8, 4) is 56.6 Å². The number of para-hydroxylation sites is 7. The number of aromatic nitrogens is 7. The van der Waals surface area contributed by atoms with Crippen LogP contribution in [0.4, 0.5) is 0 Å². The first-order valence-electron chi connectivity index (χ1n) is 32.1. The van der Waals surface area contributed by atoms with E-state index >= 15 is 0 Å². The zero-order valence-corrected chi connectivity index (χ0v) is 41.5. The third-order valence-electron chi connectivity index (χ3n) is 12.9. The number of imidazole rings is 3. The van der Waals surface area contributed by atoms with Crippen molar-refractivity contribution in [3.05, 3.63) is 242 Å². The number of ether oxygens (including phenoxy) is 1. The average molecular weight is 1150 g/mol. The number of rotatable bonds is 8. The number of hydrogen-bond acceptors (Lipinski definition) is 3. The number of pyridine rings is 1. The molecule has 0 spiro atoms. The molecule has 0 saturated heterocycles. The van der Waals surface area contributed by atoms with E-state index in [4.69, 9.17) is 38.0 Å². The van der Waals surface area contributed by atoms with Crippen LogP contribution < -0.4 is 9.30 Å². The second kappa shape index (κ2) is 17.7. The summed E-state index contributed by atoms with van der Waals surface area (Å²) in [7, 11) is 0. The Kier molecular flexibility index (Phi) is 7.10. The monoisotopic (exact) mass is 1150 g/mol. The van der Waals surface area contributed by atoms with Crippen LogP contribution in [0.25, 0.3) is 106 Å². The molecule has 0 saturated carbocycles. The van der Waals surface area contributed by atoms with Crippen molar-refractivity contribution in [2.24, 2.45) is 0 Å². The molecule has 5 heterocycles. The van der Waals surface area contributed by atoms with Gasteiger partial charge in [0.2, 0.25) is 5.78 Å². The molecule has 74 heavy (non-hydrogen) atoms. The van der Waals surface area contributed by atoms with Crippen molar-refractivity contribution in [2.75, 3.05) is 0 Å². The molecular formula is C65H45N7OPt-2. The zero-order valence-electron chi connectivity index (χ0n) is 57.2. The molecule has 358 valence electrons. The smallest absolute Gasteiger partial charge is 0.268 e. The summed E-state index contributed by atoms with van der Waals surface area (Å²) in [4.78, 5) is 9.62. The van der Waals surface area contributed by atoms with Crippen molar-refractivity contribution in [3.63, 3.8) is 0 Å². The summed E-state index contributed by atoms with van der Waals surface area (Å²) in [5.74, 6) is 1.05. The van der Waals surface area contributed by atoms with Gasteiger partial charge in [-0.1, -0.05) is 153 Å². The molecule has 0 amide bonds. The van der Waals surface area contributed by atoms with E-state index in [1.54, 1.807) is 82.1 Å². The molecule has 9 aromatic carbocycles. The van der Waals surface area contributed by atoms with Gasteiger partial charge in [0.25, 0.3) is 6.33 Å². The van der Waals surface area contributed by atoms with E-state index in [1.165, 1.54) is 15.0 Å². The van der Waals surface area contributed by atoms with Crippen LogP contribution in [0.2, 0.25) is 0 Å². The molecule has 0 unspecified atom stereocenters. The summed E-state index contributed by atoms with van der Waals surface area (Å²) in [5.41, 5.74) is 3.40. The first-order chi connectivity index (χ1) is 43.3. The molecule has 0 aliphatic rings. The molecule has 8 nitrogen and oxygen atoms in total. The normalized spacial score (nSPS) is 15.3. The van der Waals surface area contributed by atoms with Crippen LogP contribution in [0.3, 0.4) is 0 Å². The largest absolute Gasteiger partial charge is 0.510 e. The Labute approximate surface area is 467 Å². The van der Waals surface area contributed by atoms with Crippen LogP contribution in [0.1, 0.15) is 51.0 Å². The van der Waals surface area contributed by atoms with Crippen molar-refractivity contribution >= 4 is 60.7 Å². The van der Waals surface area contributed by atoms with E-state index in [0.717, 1.165) is 5.56 Å². The Morgan fingerprint density at radius 1 is 0.581 bits per heavy atom. The second-order valence-corrected chi connectivity index (χ2v) is 18.2. The SMILES string of the molecule is [2H]c1c([2H])c([2H])c(-c2cccc(-c3c([2H])c([2H])c([2H])c([2H])c3[2H])c2-[n+]2[c-]n(-c3[c-]c(Oc4[c-]c5c(cc4)c4cc(-n6c7c([2H])c([2H])c([2H])c([2H])c7n7c8c([2H])c([2H])c([2H])c([2H])c8nc67)ccc4n5-c4cc(C(C)(C)C)ccn4)ccc3)c3ccccc32)c([2H])c1[2H].[Pt]. The summed E-state index contributed by atoms with van der Waals surface area (Å²) >= 11 is 0. The standard InChI is InChI=1S/C65H45N7O.Pt/c1-65(2,3)45-36-37-66-62(38-45)71-55-35-32-47(70-59-30-14-15-31-60(59)72-56-27-11-10-26-54(56)67-64(70)72)40-53(55)52-34-33-49(41-61(52)71)73-48-23-16-22-46(39-48)68-42-69(58-29-13-12-28-57(58)68)63-50(43-18-6-4-7-19-43)24-17-25-51(63)44-20-8-5-9-21-44;/h4-38,40H,1-3H3;/q-2;/i4D,5D,6D,7D,8D,9D,10D,11D,14D,15D,18D,19D,20D,21D,26D,27D,30D,31D;. The molecular weight excluding hydrogens is 1090 g/mol. The van der Waals surface area contributed by atoms with Gasteiger partial charge in [0, 0.05) is 50.0 Å². The van der Waals surface area contributed by atoms with Crippen molar-refractivity contribution < 1.29 is 55.0 Å². The van der Waals surface area contributed by atoms with Crippen LogP contribution in [0.5, 0.6) is 11.5 Å². The first-order valence-corrected chi connectivity index (χ1v) is 23.1. The molecule has 0 atom stereocenters. The number of nitrogens with zero attached hydrogens (tertiary/aromatic N) is 7. The molecule has 0 bridgehead atoms. The van der Waals surface area contributed by atoms with E-state index in [0.29, 0.717) is 50.0 Å². The summed E-state index contributed by atoms with van der Waals surface area (Å²) in [6, 6.07) is 27.2. The number of hydrogen-bond donors (Lipinski definition) is 0. The Morgan fingerprint density at radius 2 is 1.27 bits per heavy atom. The first kappa shape index (κ1) is 29.6. The molecule has 0 aliphatic carbocycles. The van der Waals surface area contributed by atoms with Crippen molar-refractivity contribution in [1.29, 1.82) is 0 Å². The van der Waals surface area contributed by atoms with E-state index < -0.39 is 109 Å². The van der Waals surface area contributed by atoms with Crippen LogP contribution in [-0.4, -0.2) is 28.1 Å². The zero-order chi connectivity index (χ0) is 64.5. The maximum atomic E-state index is 9.24. The minimum atomic E-state index is -0.614. The van der Waals surface area contributed by atoms with Crippen molar-refractivity contribution in [2.45, 2.75) is 26.2 Å². The number of benzene rings is 9. The van der Waals surface area contributed by atoms with E-state index in [2.05, 4.69) is 39.2 Å². The Balaban J connectivity index is 0.00000773. The van der Waals surface area contributed by atoms with Crippen LogP contribution in [0, 0.1) is 18.5 Å². The van der Waals surface area contributed by atoms with Crippen LogP contribution in [0.15, 0.2) is 218 Å². The van der Waals surface area contributed by atoms with Gasteiger partial charge < -0.3 is 13.9 Å². The van der Waals surface area contributed by atoms with E-state index in [1.807, 2.05) is 34.9 Å². The maximum absolute atomic E-state index is 9.24. The van der Waals surface area contributed by atoms with Gasteiger partial charge >= 0.3 is 0 Å². The Morgan fingerprint density at radius 3 is 2.04 bits per heavy atom. The molecule has 0 fully saturated rings. The fourth-order valence-electron chi connectivity index (χ4n) is 9.58. The van der Waals surface area contributed by atoms with E-state index in [9.17, 15) is 1.37 Å². The summed E-state index contributed by atoms with van der Waals surface area (Å²) in [5, 5.41) is 1.32. The van der Waals surface area contributed by atoms with Gasteiger partial charge in [-0.15, -0.1) is 29.7 Å². The molecule has 0 aliphatic heterocycles. The molecule has 14 rings (SSSR count). The van der Waals surface area contributed by atoms with Gasteiger partial charge in [0.05, 0.1) is 63.5 Å². The fourth-order valence-corrected chi connectivity index (χ4v) is 9.58. The molecule has 5 aromatic heterocycles. The van der Waals surface area contributed by atoms with Crippen LogP contribution >= 0.6 is 0 Å². The third-order valence-corrected chi connectivity index (χ3v) is 12.9. The predicted molar refractivity (Wildman–Crippen MR) is 293 cm³/mol. The van der Waals surface area contributed by atoms with E-state index in [-0.39, 0.29) is 93.8 Å². The molecule has 14 aromatic rings.